The molecule has 1 aromatic carbocycles. The summed E-state index contributed by atoms with van der Waals surface area (Å²) in [7, 11) is 1.95. The van der Waals surface area contributed by atoms with Crippen molar-refractivity contribution in [1.82, 2.24) is 30.4 Å². The van der Waals surface area contributed by atoms with Crippen LogP contribution in [0, 0.1) is 11.8 Å². The highest BCUT2D eigenvalue weighted by Crippen LogP contribution is 2.34. The van der Waals surface area contributed by atoms with Gasteiger partial charge in [0.05, 0.1) is 12.0 Å². The van der Waals surface area contributed by atoms with E-state index in [9.17, 15) is 29.1 Å². The molecular weight excluding hydrogens is 733 g/mol. The van der Waals surface area contributed by atoms with Crippen molar-refractivity contribution < 1.29 is 33.8 Å². The number of nitrogens with zero attached hydrogens (tertiary/aromatic N) is 4. The Hall–Kier alpha value is -4.69. The second-order valence-corrected chi connectivity index (χ2v) is 16.5. The van der Waals surface area contributed by atoms with Crippen molar-refractivity contribution >= 4 is 41.0 Å². The molecule has 2 aliphatic rings. The largest absolute Gasteiger partial charge is 0.481 e. The maximum atomic E-state index is 14.9. The van der Waals surface area contributed by atoms with Crippen LogP contribution in [0.15, 0.2) is 54.0 Å². The summed E-state index contributed by atoms with van der Waals surface area (Å²) in [4.78, 5) is 79.8. The summed E-state index contributed by atoms with van der Waals surface area (Å²) >= 11 is 1.18. The molecule has 3 heterocycles. The number of amides is 3. The summed E-state index contributed by atoms with van der Waals surface area (Å²) in [5, 5.41) is 18.0. The molecule has 14 heteroatoms. The molecule has 1 saturated heterocycles. The minimum Gasteiger partial charge on any atom is -0.481 e. The second-order valence-electron chi connectivity index (χ2n) is 15.6. The first-order chi connectivity index (χ1) is 26.8. The van der Waals surface area contributed by atoms with Crippen molar-refractivity contribution in [2.75, 3.05) is 13.6 Å². The van der Waals surface area contributed by atoms with Crippen molar-refractivity contribution in [2.24, 2.45) is 11.8 Å². The number of carboxylic acid groups (broad SMARTS) is 1. The van der Waals surface area contributed by atoms with Crippen LogP contribution in [-0.2, 0) is 36.9 Å². The van der Waals surface area contributed by atoms with E-state index in [2.05, 4.69) is 25.5 Å². The molecule has 3 N–H and O–H groups in total. The van der Waals surface area contributed by atoms with E-state index in [4.69, 9.17) is 4.74 Å². The molecule has 13 nitrogen and oxygen atoms in total. The highest BCUT2D eigenvalue weighted by molar-refractivity contribution is 7.09. The summed E-state index contributed by atoms with van der Waals surface area (Å²) in [6.07, 6.45) is 4.91. The van der Waals surface area contributed by atoms with Crippen molar-refractivity contribution in [1.29, 1.82) is 0 Å². The average molecular weight is 789 g/mol. The highest BCUT2D eigenvalue weighted by atomic mass is 32.1. The van der Waals surface area contributed by atoms with Crippen molar-refractivity contribution in [2.45, 2.75) is 122 Å². The van der Waals surface area contributed by atoms with Crippen LogP contribution in [-0.4, -0.2) is 92.3 Å². The molecule has 1 fully saturated rings. The third-order valence-corrected chi connectivity index (χ3v) is 12.1. The molecule has 2 aromatic heterocycles. The number of hydrogen-bond acceptors (Lipinski definition) is 10. The fraction of sp³-hybridized carbons (Fsp3) is 0.548. The number of pyridine rings is 1. The lowest BCUT2D eigenvalue weighted by Gasteiger charge is -2.40. The number of carbonyl (C=O) groups excluding carboxylic acids is 4. The predicted molar refractivity (Wildman–Crippen MR) is 213 cm³/mol. The summed E-state index contributed by atoms with van der Waals surface area (Å²) in [5.74, 6) is -3.40. The van der Waals surface area contributed by atoms with Gasteiger partial charge in [0.2, 0.25) is 11.8 Å². The fourth-order valence-corrected chi connectivity index (χ4v) is 8.68. The maximum Gasteiger partial charge on any atom is 0.311 e. The number of carboxylic acids is 1. The molecular formula is C42H56N6O7S. The summed E-state index contributed by atoms with van der Waals surface area (Å²) in [6.45, 7) is 10.4. The lowest BCUT2D eigenvalue weighted by molar-refractivity contribution is -0.150. The van der Waals surface area contributed by atoms with Gasteiger partial charge in [-0.2, -0.15) is 0 Å². The average Bonchev–Trinajstić information content (AvgIpc) is 3.68. The number of thiazole rings is 1. The van der Waals surface area contributed by atoms with E-state index < -0.39 is 48.0 Å². The standard InChI is InChI=1S/C42H56N6O7S/c1-7-26(4)37(46-39(51)34-17-11-12-19-47(34)6)41(52)48(23-28-14-9-8-10-15-28)35(25(2)3)22-36(55-27(5)49)40-45-33(24-56-40)38(50)44-29-20-31(42(53)54)30-16-13-18-43-32(30)21-29/h8-10,13-16,18,24-26,29,31,34-37H,7,11-12,17,19-23H2,1-6H3,(H,44,50)(H,46,51)(H,53,54)/t26?,29-,31-,34?,35-,36-,37?/m1/s1. The second kappa shape index (κ2) is 19.4. The molecule has 3 aromatic rings. The van der Waals surface area contributed by atoms with E-state index >= 15 is 0 Å². The Labute approximate surface area is 333 Å². The molecule has 0 bridgehead atoms. The number of aromatic nitrogens is 2. The van der Waals surface area contributed by atoms with Gasteiger partial charge in [-0.15, -0.1) is 11.3 Å². The topological polar surface area (TPSA) is 171 Å². The minimum atomic E-state index is -0.979. The van der Waals surface area contributed by atoms with Gasteiger partial charge >= 0.3 is 11.9 Å². The molecule has 0 saturated carbocycles. The Kier molecular flexibility index (Phi) is 14.7. The van der Waals surface area contributed by atoms with Gasteiger partial charge in [-0.25, -0.2) is 4.98 Å². The van der Waals surface area contributed by atoms with Crippen LogP contribution in [0.3, 0.4) is 0 Å². The Morgan fingerprint density at radius 2 is 1.82 bits per heavy atom. The number of aliphatic carboxylic acids is 1. The van der Waals surface area contributed by atoms with Gasteiger partial charge in [0.25, 0.3) is 5.91 Å². The van der Waals surface area contributed by atoms with Crippen LogP contribution in [0.4, 0.5) is 0 Å². The third kappa shape index (κ3) is 10.6. The van der Waals surface area contributed by atoms with E-state index in [1.807, 2.05) is 70.0 Å². The van der Waals surface area contributed by atoms with Gasteiger partial charge in [-0.3, -0.25) is 33.9 Å². The van der Waals surface area contributed by atoms with Crippen molar-refractivity contribution in [3.63, 3.8) is 0 Å². The minimum absolute atomic E-state index is 0.105. The van der Waals surface area contributed by atoms with E-state index in [0.29, 0.717) is 29.1 Å². The Balaban J connectivity index is 1.41. The zero-order chi connectivity index (χ0) is 40.5. The van der Waals surface area contributed by atoms with Crippen LogP contribution in [0.1, 0.15) is 117 Å². The van der Waals surface area contributed by atoms with Crippen molar-refractivity contribution in [3.8, 4) is 0 Å². The number of piperidine rings is 1. The molecule has 3 amide bonds. The molecule has 0 spiro atoms. The molecule has 1 aliphatic carbocycles. The number of hydrogen-bond donors (Lipinski definition) is 3. The van der Waals surface area contributed by atoms with E-state index in [1.165, 1.54) is 18.3 Å². The quantitative estimate of drug-likeness (QED) is 0.157. The normalized spacial score (nSPS) is 20.5. The van der Waals surface area contributed by atoms with Crippen LogP contribution >= 0.6 is 11.3 Å². The summed E-state index contributed by atoms with van der Waals surface area (Å²) in [6, 6.07) is 11.1. The molecule has 56 heavy (non-hydrogen) atoms. The maximum absolute atomic E-state index is 14.9. The molecule has 1 aliphatic heterocycles. The number of esters is 1. The zero-order valence-corrected chi connectivity index (χ0v) is 34.1. The fourth-order valence-electron chi connectivity index (χ4n) is 7.84. The first kappa shape index (κ1) is 42.5. The number of ether oxygens (including phenoxy) is 1. The van der Waals surface area contributed by atoms with Crippen LogP contribution in [0.2, 0.25) is 0 Å². The number of rotatable bonds is 16. The number of fused-ring (bicyclic) bond motifs is 1. The third-order valence-electron chi connectivity index (χ3n) is 11.2. The number of likely N-dealkylation sites (tertiary alicyclic amines) is 1. The molecule has 3 unspecified atom stereocenters. The highest BCUT2D eigenvalue weighted by Gasteiger charge is 2.39. The lowest BCUT2D eigenvalue weighted by Crippen LogP contribution is -2.58. The molecule has 0 radical (unpaired) electrons. The monoisotopic (exact) mass is 788 g/mol. The number of likely N-dealkylation sites (N-methyl/N-ethyl adjacent to an activating group) is 1. The van der Waals surface area contributed by atoms with Gasteiger partial charge in [-0.05, 0) is 61.9 Å². The van der Waals surface area contributed by atoms with Gasteiger partial charge in [0.15, 0.2) is 6.10 Å². The number of carbonyl (C=O) groups is 5. The molecule has 302 valence electrons. The molecule has 7 atom stereocenters. The van der Waals surface area contributed by atoms with Gasteiger partial charge in [0, 0.05) is 55.7 Å². The Morgan fingerprint density at radius 1 is 1.07 bits per heavy atom. The first-order valence-corrected chi connectivity index (χ1v) is 20.6. The molecule has 5 rings (SSSR count). The van der Waals surface area contributed by atoms with Crippen LogP contribution < -0.4 is 10.6 Å². The van der Waals surface area contributed by atoms with Crippen molar-refractivity contribution in [3.05, 3.63) is 81.6 Å². The first-order valence-electron chi connectivity index (χ1n) is 19.7. The number of nitrogens with one attached hydrogen (secondary N) is 2. The van der Waals surface area contributed by atoms with E-state index in [-0.39, 0.29) is 54.8 Å². The van der Waals surface area contributed by atoms with Gasteiger partial charge in [-0.1, -0.05) is 76.9 Å². The lowest BCUT2D eigenvalue weighted by atomic mass is 9.82. The SMILES string of the molecule is CCC(C)C(NC(=O)C1CCCCN1C)C(=O)N(Cc1ccccc1)[C@H](C[C@@H](OC(C)=O)c1nc(C(=O)N[C@H]2Cc3ncccc3[C@H](C(=O)O)C2)cs1)C(C)C. The predicted octanol–water partition coefficient (Wildman–Crippen LogP) is 5.51. The van der Waals surface area contributed by atoms with E-state index in [0.717, 1.165) is 31.4 Å². The summed E-state index contributed by atoms with van der Waals surface area (Å²) < 4.78 is 5.90. The Bertz CT molecular complexity index is 1840. The smallest absolute Gasteiger partial charge is 0.311 e. The van der Waals surface area contributed by atoms with Gasteiger partial charge in [0.1, 0.15) is 16.7 Å². The van der Waals surface area contributed by atoms with Crippen LogP contribution in [0.5, 0.6) is 0 Å². The van der Waals surface area contributed by atoms with Crippen LogP contribution in [0.25, 0.3) is 0 Å². The Morgan fingerprint density at radius 3 is 2.48 bits per heavy atom. The number of benzene rings is 1. The van der Waals surface area contributed by atoms with E-state index in [1.54, 1.807) is 23.7 Å². The zero-order valence-electron chi connectivity index (χ0n) is 33.3. The summed E-state index contributed by atoms with van der Waals surface area (Å²) in [5.41, 5.74) is 2.32. The van der Waals surface area contributed by atoms with Gasteiger partial charge < -0.3 is 25.4 Å².